The number of carboxylic acid groups (broad SMARTS) is 1. The van der Waals surface area contributed by atoms with E-state index in [2.05, 4.69) is 4.98 Å². The number of nitrogens with zero attached hydrogens (tertiary/aromatic N) is 2. The van der Waals surface area contributed by atoms with Crippen molar-refractivity contribution in [2.24, 2.45) is 0 Å². The molecule has 0 aliphatic rings. The molecule has 13 heavy (non-hydrogen) atoms. The lowest BCUT2D eigenvalue weighted by molar-refractivity contribution is 0.197. The van der Waals surface area contributed by atoms with Crippen LogP contribution in [-0.2, 0) is 0 Å². The Labute approximate surface area is 74.4 Å². The Bertz CT molecular complexity index is 473. The van der Waals surface area contributed by atoms with Gasteiger partial charge in [-0.15, -0.1) is 0 Å². The summed E-state index contributed by atoms with van der Waals surface area (Å²) in [5, 5.41) is 8.79. The number of fused-ring (bicyclic) bond motifs is 1. The normalized spacial score (nSPS) is 10.5. The Morgan fingerprint density at radius 3 is 3.00 bits per heavy atom. The van der Waals surface area contributed by atoms with Crippen molar-refractivity contribution in [2.75, 3.05) is 0 Å². The van der Waals surface area contributed by atoms with E-state index in [1.807, 2.05) is 19.1 Å². The molecule has 0 saturated carbocycles. The minimum absolute atomic E-state index is 0.632. The fourth-order valence-corrected chi connectivity index (χ4v) is 1.34. The largest absolute Gasteiger partial charge is 0.464 e. The zero-order valence-electron chi connectivity index (χ0n) is 7.06. The highest BCUT2D eigenvalue weighted by Gasteiger charge is 2.08. The Morgan fingerprint density at radius 1 is 1.54 bits per heavy atom. The van der Waals surface area contributed by atoms with E-state index < -0.39 is 6.09 Å². The zero-order chi connectivity index (χ0) is 9.42. The smallest absolute Gasteiger partial charge is 0.417 e. The van der Waals surface area contributed by atoms with Gasteiger partial charge in [0.1, 0.15) is 6.33 Å². The van der Waals surface area contributed by atoms with Gasteiger partial charge >= 0.3 is 6.09 Å². The maximum atomic E-state index is 10.7. The highest BCUT2D eigenvalue weighted by molar-refractivity contribution is 5.87. The van der Waals surface area contributed by atoms with E-state index in [-0.39, 0.29) is 0 Å². The van der Waals surface area contributed by atoms with Crippen molar-refractivity contribution >= 4 is 17.1 Å². The molecule has 0 atom stereocenters. The van der Waals surface area contributed by atoms with Crippen LogP contribution >= 0.6 is 0 Å². The monoisotopic (exact) mass is 176 g/mol. The molecule has 0 unspecified atom stereocenters. The molecular formula is C9H8N2O2. The quantitative estimate of drug-likeness (QED) is 0.666. The van der Waals surface area contributed by atoms with Gasteiger partial charge in [-0.3, -0.25) is 0 Å². The summed E-state index contributed by atoms with van der Waals surface area (Å²) in [7, 11) is 0. The molecular weight excluding hydrogens is 168 g/mol. The van der Waals surface area contributed by atoms with Crippen LogP contribution in [0.2, 0.25) is 0 Å². The van der Waals surface area contributed by atoms with Crippen LogP contribution in [0.5, 0.6) is 0 Å². The lowest BCUT2D eigenvalue weighted by atomic mass is 10.2. The molecule has 0 saturated heterocycles. The molecule has 1 N–H and O–H groups in total. The second-order valence-electron chi connectivity index (χ2n) is 2.84. The van der Waals surface area contributed by atoms with Crippen LogP contribution in [-0.4, -0.2) is 20.8 Å². The lowest BCUT2D eigenvalue weighted by Crippen LogP contribution is -2.05. The van der Waals surface area contributed by atoms with E-state index in [4.69, 9.17) is 5.11 Å². The molecule has 2 aromatic rings. The number of imidazole rings is 1. The van der Waals surface area contributed by atoms with E-state index in [0.717, 1.165) is 15.6 Å². The highest BCUT2D eigenvalue weighted by Crippen LogP contribution is 2.15. The minimum Gasteiger partial charge on any atom is -0.464 e. The highest BCUT2D eigenvalue weighted by atomic mass is 16.4. The van der Waals surface area contributed by atoms with Crippen molar-refractivity contribution in [1.82, 2.24) is 9.55 Å². The fraction of sp³-hybridized carbons (Fsp3) is 0.111. The first-order chi connectivity index (χ1) is 6.20. The van der Waals surface area contributed by atoms with Crippen LogP contribution in [0.4, 0.5) is 4.79 Å². The van der Waals surface area contributed by atoms with Gasteiger partial charge < -0.3 is 5.11 Å². The molecule has 1 aromatic carbocycles. The van der Waals surface area contributed by atoms with Crippen LogP contribution in [0.3, 0.4) is 0 Å². The Kier molecular flexibility index (Phi) is 1.55. The summed E-state index contributed by atoms with van der Waals surface area (Å²) in [5.41, 5.74) is 2.36. The number of hydrogen-bond acceptors (Lipinski definition) is 2. The number of benzene rings is 1. The van der Waals surface area contributed by atoms with Crippen molar-refractivity contribution < 1.29 is 9.90 Å². The summed E-state index contributed by atoms with van der Waals surface area (Å²) in [6, 6.07) is 5.46. The van der Waals surface area contributed by atoms with E-state index in [1.54, 1.807) is 6.07 Å². The van der Waals surface area contributed by atoms with Gasteiger partial charge in [0.15, 0.2) is 0 Å². The lowest BCUT2D eigenvalue weighted by Gasteiger charge is -1.96. The number of para-hydroxylation sites is 1. The summed E-state index contributed by atoms with van der Waals surface area (Å²) in [6.45, 7) is 1.90. The van der Waals surface area contributed by atoms with Crippen LogP contribution in [0, 0.1) is 6.92 Å². The van der Waals surface area contributed by atoms with Crippen molar-refractivity contribution in [2.45, 2.75) is 6.92 Å². The van der Waals surface area contributed by atoms with Gasteiger partial charge in [-0.05, 0) is 18.6 Å². The summed E-state index contributed by atoms with van der Waals surface area (Å²) < 4.78 is 1.11. The maximum Gasteiger partial charge on any atom is 0.417 e. The fourth-order valence-electron chi connectivity index (χ4n) is 1.34. The summed E-state index contributed by atoms with van der Waals surface area (Å²) >= 11 is 0. The van der Waals surface area contributed by atoms with E-state index in [0.29, 0.717) is 5.52 Å². The molecule has 0 aliphatic heterocycles. The summed E-state index contributed by atoms with van der Waals surface area (Å²) in [4.78, 5) is 14.7. The average molecular weight is 176 g/mol. The number of aryl methyl sites for hydroxylation is 1. The van der Waals surface area contributed by atoms with Crippen LogP contribution in [0.15, 0.2) is 24.5 Å². The third kappa shape index (κ3) is 1.07. The van der Waals surface area contributed by atoms with Crippen molar-refractivity contribution in [3.8, 4) is 0 Å². The third-order valence-corrected chi connectivity index (χ3v) is 1.98. The number of hydrogen-bond donors (Lipinski definition) is 1. The predicted octanol–water partition coefficient (Wildman–Crippen LogP) is 1.87. The minimum atomic E-state index is -1.01. The van der Waals surface area contributed by atoms with Crippen LogP contribution < -0.4 is 0 Å². The number of carbonyl (C=O) groups is 1. The standard InChI is InChI=1S/C9H8N2O2/c1-6-3-2-4-7-8(6)10-5-11(7)9(12)13/h2-5H,1H3,(H,12,13). The zero-order valence-corrected chi connectivity index (χ0v) is 7.06. The molecule has 0 aliphatic carbocycles. The maximum absolute atomic E-state index is 10.7. The molecule has 2 rings (SSSR count). The molecule has 0 amide bonds. The van der Waals surface area contributed by atoms with Gasteiger partial charge in [0.25, 0.3) is 0 Å². The average Bonchev–Trinajstić information content (AvgIpc) is 2.48. The molecule has 0 spiro atoms. The van der Waals surface area contributed by atoms with Gasteiger partial charge in [0.05, 0.1) is 11.0 Å². The second-order valence-corrected chi connectivity index (χ2v) is 2.84. The molecule has 1 heterocycles. The van der Waals surface area contributed by atoms with E-state index >= 15 is 0 Å². The Balaban J connectivity index is 2.83. The molecule has 0 fully saturated rings. The molecule has 66 valence electrons. The third-order valence-electron chi connectivity index (χ3n) is 1.98. The van der Waals surface area contributed by atoms with E-state index in [9.17, 15) is 4.79 Å². The molecule has 0 bridgehead atoms. The molecule has 4 heteroatoms. The molecule has 4 nitrogen and oxygen atoms in total. The van der Waals surface area contributed by atoms with Crippen LogP contribution in [0.25, 0.3) is 11.0 Å². The second kappa shape index (κ2) is 2.58. The Hall–Kier alpha value is -1.84. The SMILES string of the molecule is Cc1cccc2c1ncn2C(=O)O. The first-order valence-corrected chi connectivity index (χ1v) is 3.86. The first-order valence-electron chi connectivity index (χ1n) is 3.86. The van der Waals surface area contributed by atoms with Gasteiger partial charge in [-0.1, -0.05) is 12.1 Å². The Morgan fingerprint density at radius 2 is 2.31 bits per heavy atom. The van der Waals surface area contributed by atoms with Crippen molar-refractivity contribution in [3.63, 3.8) is 0 Å². The van der Waals surface area contributed by atoms with Gasteiger partial charge in [-0.25, -0.2) is 14.3 Å². The van der Waals surface area contributed by atoms with Gasteiger partial charge in [0.2, 0.25) is 0 Å². The molecule has 1 aromatic heterocycles. The summed E-state index contributed by atoms with van der Waals surface area (Å²) in [6.07, 6.45) is 0.313. The van der Waals surface area contributed by atoms with Crippen molar-refractivity contribution in [1.29, 1.82) is 0 Å². The summed E-state index contributed by atoms with van der Waals surface area (Å²) in [5.74, 6) is 0. The number of rotatable bonds is 0. The van der Waals surface area contributed by atoms with Crippen LogP contribution in [0.1, 0.15) is 5.56 Å². The van der Waals surface area contributed by atoms with Gasteiger partial charge in [0, 0.05) is 0 Å². The van der Waals surface area contributed by atoms with Gasteiger partial charge in [-0.2, -0.15) is 0 Å². The molecule has 0 radical (unpaired) electrons. The van der Waals surface area contributed by atoms with E-state index in [1.165, 1.54) is 6.33 Å². The predicted molar refractivity (Wildman–Crippen MR) is 47.9 cm³/mol. The van der Waals surface area contributed by atoms with Crippen molar-refractivity contribution in [3.05, 3.63) is 30.1 Å². The topological polar surface area (TPSA) is 55.1 Å². The number of aromatic nitrogens is 2. The first kappa shape index (κ1) is 7.79.